The summed E-state index contributed by atoms with van der Waals surface area (Å²) in [5.41, 5.74) is 1.96. The average molecular weight is 291 g/mol. The van der Waals surface area contributed by atoms with Crippen molar-refractivity contribution in [2.45, 2.75) is 33.9 Å². The summed E-state index contributed by atoms with van der Waals surface area (Å²) in [4.78, 5) is 8.75. The molecular weight excluding hydrogens is 270 g/mol. The lowest BCUT2D eigenvalue weighted by Gasteiger charge is -2.05. The van der Waals surface area contributed by atoms with Gasteiger partial charge in [0.1, 0.15) is 17.4 Å². The Balaban J connectivity index is 1.79. The molecule has 0 unspecified atom stereocenters. The minimum absolute atomic E-state index is 0.491. The van der Waals surface area contributed by atoms with Gasteiger partial charge < -0.3 is 10.1 Å². The molecule has 20 heavy (non-hydrogen) atoms. The number of hydrogen-bond donors (Lipinski definition) is 1. The van der Waals surface area contributed by atoms with Gasteiger partial charge in [0.05, 0.1) is 11.9 Å². The predicted octanol–water partition coefficient (Wildman–Crippen LogP) is 3.17. The van der Waals surface area contributed by atoms with Crippen molar-refractivity contribution < 1.29 is 4.74 Å². The fourth-order valence-corrected chi connectivity index (χ4v) is 2.41. The average Bonchev–Trinajstić information content (AvgIpc) is 2.86. The van der Waals surface area contributed by atoms with E-state index in [-0.39, 0.29) is 0 Å². The van der Waals surface area contributed by atoms with Gasteiger partial charge in [-0.15, -0.1) is 11.3 Å². The van der Waals surface area contributed by atoms with Gasteiger partial charge in [0.2, 0.25) is 0 Å². The lowest BCUT2D eigenvalue weighted by Crippen LogP contribution is -2.18. The van der Waals surface area contributed by atoms with Crippen molar-refractivity contribution in [2.75, 3.05) is 6.54 Å². The van der Waals surface area contributed by atoms with E-state index in [1.54, 1.807) is 17.5 Å². The van der Waals surface area contributed by atoms with Crippen LogP contribution in [0.25, 0.3) is 0 Å². The van der Waals surface area contributed by atoms with E-state index in [0.29, 0.717) is 12.5 Å². The third-order valence-electron chi connectivity index (χ3n) is 2.70. The number of nitrogens with one attached hydrogen (secondary N) is 1. The van der Waals surface area contributed by atoms with Crippen LogP contribution >= 0.6 is 11.3 Å². The Kier molecular flexibility index (Phi) is 5.49. The molecule has 2 aromatic rings. The molecule has 0 bridgehead atoms. The zero-order valence-corrected chi connectivity index (χ0v) is 13.0. The van der Waals surface area contributed by atoms with Crippen LogP contribution in [0, 0.1) is 12.8 Å². The first-order valence-electron chi connectivity index (χ1n) is 6.83. The van der Waals surface area contributed by atoms with Gasteiger partial charge in [-0.3, -0.25) is 4.98 Å². The summed E-state index contributed by atoms with van der Waals surface area (Å²) in [5, 5.41) is 6.54. The lowest BCUT2D eigenvalue weighted by atomic mass is 10.2. The van der Waals surface area contributed by atoms with Gasteiger partial charge in [-0.2, -0.15) is 0 Å². The van der Waals surface area contributed by atoms with Gasteiger partial charge in [0, 0.05) is 17.6 Å². The van der Waals surface area contributed by atoms with Crippen LogP contribution in [0.4, 0.5) is 0 Å². The van der Waals surface area contributed by atoms with E-state index < -0.39 is 0 Å². The molecule has 0 saturated heterocycles. The number of pyridine rings is 1. The topological polar surface area (TPSA) is 47.0 Å². The summed E-state index contributed by atoms with van der Waals surface area (Å²) >= 11 is 1.67. The number of ether oxygens (including phenoxy) is 1. The number of hydrogen-bond acceptors (Lipinski definition) is 5. The van der Waals surface area contributed by atoms with Crippen molar-refractivity contribution in [1.82, 2.24) is 15.3 Å². The second-order valence-electron chi connectivity index (χ2n) is 5.18. The summed E-state index contributed by atoms with van der Waals surface area (Å²) in [6, 6.07) is 3.87. The van der Waals surface area contributed by atoms with E-state index in [9.17, 15) is 0 Å². The molecule has 0 atom stereocenters. The van der Waals surface area contributed by atoms with Crippen LogP contribution in [0.3, 0.4) is 0 Å². The Morgan fingerprint density at radius 3 is 2.90 bits per heavy atom. The number of nitrogens with zero attached hydrogens (tertiary/aromatic N) is 2. The summed E-state index contributed by atoms with van der Waals surface area (Å²) in [7, 11) is 0. The molecule has 0 aliphatic heterocycles. The first-order chi connectivity index (χ1) is 9.63. The second-order valence-corrected chi connectivity index (χ2v) is 6.12. The Morgan fingerprint density at radius 2 is 2.20 bits per heavy atom. The van der Waals surface area contributed by atoms with Gasteiger partial charge in [0.15, 0.2) is 0 Å². The Morgan fingerprint density at radius 1 is 1.35 bits per heavy atom. The van der Waals surface area contributed by atoms with Gasteiger partial charge in [0.25, 0.3) is 0 Å². The number of thiazole rings is 1. The molecule has 0 amide bonds. The number of aryl methyl sites for hydroxylation is 1. The summed E-state index contributed by atoms with van der Waals surface area (Å²) < 4.78 is 5.66. The van der Waals surface area contributed by atoms with Crippen LogP contribution in [-0.4, -0.2) is 16.5 Å². The van der Waals surface area contributed by atoms with Crippen LogP contribution in [0.2, 0.25) is 0 Å². The van der Waals surface area contributed by atoms with E-state index in [1.165, 1.54) is 0 Å². The number of aromatic nitrogens is 2. The standard InChI is InChI=1S/C15H21N3OS/c1-11(2)6-16-8-15-18-13(10-20-15)9-19-14-5-4-12(3)17-7-14/h4-5,7,10-11,16H,6,8-9H2,1-3H3. The minimum atomic E-state index is 0.491. The Hall–Kier alpha value is -1.46. The fourth-order valence-electron chi connectivity index (χ4n) is 1.66. The highest BCUT2D eigenvalue weighted by molar-refractivity contribution is 7.09. The molecule has 2 aromatic heterocycles. The van der Waals surface area contributed by atoms with Gasteiger partial charge in [-0.25, -0.2) is 4.98 Å². The Labute approximate surface area is 124 Å². The third-order valence-corrected chi connectivity index (χ3v) is 3.60. The summed E-state index contributed by atoms with van der Waals surface area (Å²) in [6.07, 6.45) is 1.74. The van der Waals surface area contributed by atoms with Crippen molar-refractivity contribution in [3.8, 4) is 5.75 Å². The molecule has 0 aromatic carbocycles. The first kappa shape index (κ1) is 14.9. The predicted molar refractivity (Wildman–Crippen MR) is 82.0 cm³/mol. The van der Waals surface area contributed by atoms with Crippen LogP contribution in [0.15, 0.2) is 23.7 Å². The monoisotopic (exact) mass is 291 g/mol. The highest BCUT2D eigenvalue weighted by Gasteiger charge is 2.03. The molecule has 4 nitrogen and oxygen atoms in total. The van der Waals surface area contributed by atoms with Gasteiger partial charge >= 0.3 is 0 Å². The summed E-state index contributed by atoms with van der Waals surface area (Å²) in [6.45, 7) is 8.69. The third kappa shape index (κ3) is 4.90. The maximum Gasteiger partial charge on any atom is 0.138 e. The molecule has 5 heteroatoms. The van der Waals surface area contributed by atoms with E-state index in [4.69, 9.17) is 4.74 Å². The van der Waals surface area contributed by atoms with Crippen LogP contribution in [0.5, 0.6) is 5.75 Å². The minimum Gasteiger partial charge on any atom is -0.486 e. The van der Waals surface area contributed by atoms with Crippen molar-refractivity contribution >= 4 is 11.3 Å². The van der Waals surface area contributed by atoms with E-state index >= 15 is 0 Å². The first-order valence-corrected chi connectivity index (χ1v) is 7.71. The highest BCUT2D eigenvalue weighted by atomic mass is 32.1. The van der Waals surface area contributed by atoms with Crippen LogP contribution < -0.4 is 10.1 Å². The molecular formula is C15H21N3OS. The zero-order valence-electron chi connectivity index (χ0n) is 12.2. The van der Waals surface area contributed by atoms with Crippen molar-refractivity contribution in [3.63, 3.8) is 0 Å². The molecule has 2 heterocycles. The van der Waals surface area contributed by atoms with E-state index in [2.05, 4.69) is 29.1 Å². The summed E-state index contributed by atoms with van der Waals surface area (Å²) in [5.74, 6) is 1.44. The molecule has 0 aliphatic rings. The highest BCUT2D eigenvalue weighted by Crippen LogP contribution is 2.14. The van der Waals surface area contributed by atoms with Crippen molar-refractivity contribution in [1.29, 1.82) is 0 Å². The molecule has 0 fully saturated rings. The maximum atomic E-state index is 5.66. The zero-order chi connectivity index (χ0) is 14.4. The molecule has 1 N–H and O–H groups in total. The lowest BCUT2D eigenvalue weighted by molar-refractivity contribution is 0.300. The molecule has 0 aliphatic carbocycles. The van der Waals surface area contributed by atoms with E-state index in [1.807, 2.05) is 24.4 Å². The molecule has 0 saturated carbocycles. The SMILES string of the molecule is Cc1ccc(OCc2csc(CNCC(C)C)n2)cn1. The molecule has 0 spiro atoms. The van der Waals surface area contributed by atoms with Gasteiger partial charge in [-0.05, 0) is 31.5 Å². The van der Waals surface area contributed by atoms with Crippen molar-refractivity contribution in [3.05, 3.63) is 40.1 Å². The second kappa shape index (κ2) is 7.36. The quantitative estimate of drug-likeness (QED) is 0.851. The van der Waals surface area contributed by atoms with Gasteiger partial charge in [-0.1, -0.05) is 13.8 Å². The molecule has 2 rings (SSSR count). The maximum absolute atomic E-state index is 5.66. The van der Waals surface area contributed by atoms with Crippen LogP contribution in [0.1, 0.15) is 30.2 Å². The normalized spacial score (nSPS) is 11.0. The fraction of sp³-hybridized carbons (Fsp3) is 0.467. The van der Waals surface area contributed by atoms with Crippen LogP contribution in [-0.2, 0) is 13.2 Å². The smallest absolute Gasteiger partial charge is 0.138 e. The molecule has 108 valence electrons. The Bertz CT molecular complexity index is 522. The number of rotatable bonds is 7. The molecule has 0 radical (unpaired) electrons. The largest absolute Gasteiger partial charge is 0.486 e. The van der Waals surface area contributed by atoms with E-state index in [0.717, 1.165) is 35.2 Å². The van der Waals surface area contributed by atoms with Crippen molar-refractivity contribution in [2.24, 2.45) is 5.92 Å².